The fourth-order valence-electron chi connectivity index (χ4n) is 3.30. The molecule has 0 radical (unpaired) electrons. The lowest BCUT2D eigenvalue weighted by atomic mass is 10.1. The Kier molecular flexibility index (Phi) is 8.91. The first-order chi connectivity index (χ1) is 12.5. The molecule has 3 atom stereocenters. The number of hydrogen-bond acceptors (Lipinski definition) is 5. The number of halogens is 1. The average molecular weight is 388 g/mol. The fraction of sp³-hybridized carbons (Fsp3) is 0.737. The Morgan fingerprint density at radius 1 is 1.42 bits per heavy atom. The van der Waals surface area contributed by atoms with E-state index in [4.69, 9.17) is 25.9 Å². The van der Waals surface area contributed by atoms with E-state index in [0.29, 0.717) is 12.4 Å². The highest BCUT2D eigenvalue weighted by Crippen LogP contribution is 2.24. The zero-order valence-electron chi connectivity index (χ0n) is 15.4. The van der Waals surface area contributed by atoms with Gasteiger partial charge in [-0.15, -0.1) is 11.6 Å². The number of unbranched alkanes of at least 4 members (excludes halogenated alkanes) is 2. The molecule has 1 aliphatic heterocycles. The van der Waals surface area contributed by atoms with Crippen molar-refractivity contribution in [2.45, 2.75) is 69.6 Å². The Morgan fingerprint density at radius 2 is 2.23 bits per heavy atom. The van der Waals surface area contributed by atoms with Crippen LogP contribution in [-0.2, 0) is 11.3 Å². The maximum Gasteiger partial charge on any atom is 0.371 e. The van der Waals surface area contributed by atoms with Crippen molar-refractivity contribution in [1.29, 1.82) is 0 Å². The minimum absolute atomic E-state index is 0.0263. The van der Waals surface area contributed by atoms with Crippen LogP contribution in [0.3, 0.4) is 0 Å². The molecule has 1 fully saturated rings. The van der Waals surface area contributed by atoms with E-state index < -0.39 is 5.97 Å². The summed E-state index contributed by atoms with van der Waals surface area (Å²) >= 11 is 6.43. The zero-order valence-corrected chi connectivity index (χ0v) is 16.2. The van der Waals surface area contributed by atoms with E-state index in [9.17, 15) is 9.90 Å². The van der Waals surface area contributed by atoms with Gasteiger partial charge in [-0.05, 0) is 31.4 Å². The molecular formula is C19H30ClNO5. The Morgan fingerprint density at radius 3 is 2.92 bits per heavy atom. The summed E-state index contributed by atoms with van der Waals surface area (Å²) in [7, 11) is 0. The third-order valence-corrected chi connectivity index (χ3v) is 5.38. The van der Waals surface area contributed by atoms with Crippen LogP contribution in [0.25, 0.3) is 0 Å². The lowest BCUT2D eigenvalue weighted by Crippen LogP contribution is -2.38. The fourth-order valence-corrected chi connectivity index (χ4v) is 3.63. The second-order valence-corrected chi connectivity index (χ2v) is 7.49. The molecule has 1 aromatic heterocycles. The molecule has 0 bridgehead atoms. The van der Waals surface area contributed by atoms with Gasteiger partial charge in [0.15, 0.2) is 0 Å². The van der Waals surface area contributed by atoms with Crippen molar-refractivity contribution in [1.82, 2.24) is 4.90 Å². The average Bonchev–Trinajstić information content (AvgIpc) is 3.21. The molecule has 148 valence electrons. The van der Waals surface area contributed by atoms with E-state index in [1.807, 2.05) is 0 Å². The number of aromatic carboxylic acids is 1. The summed E-state index contributed by atoms with van der Waals surface area (Å²) < 4.78 is 10.9. The molecule has 2 N–H and O–H groups in total. The van der Waals surface area contributed by atoms with Gasteiger partial charge in [-0.2, -0.15) is 0 Å². The maximum absolute atomic E-state index is 10.8. The molecule has 0 amide bonds. The number of carbonyl (C=O) groups is 1. The highest BCUT2D eigenvalue weighted by Gasteiger charge is 2.32. The second kappa shape index (κ2) is 10.9. The molecule has 0 saturated carbocycles. The highest BCUT2D eigenvalue weighted by molar-refractivity contribution is 6.21. The number of carboxylic acids is 1. The number of furan rings is 1. The smallest absolute Gasteiger partial charge is 0.371 e. The maximum atomic E-state index is 10.8. The Bertz CT molecular complexity index is 550. The summed E-state index contributed by atoms with van der Waals surface area (Å²) in [6.45, 7) is 4.57. The molecule has 1 aliphatic rings. The standard InChI is InChI=1S/C19H30ClNO5/c1-2-3-4-5-14(22)8-10-21-11-9-16(20)17(21)13-25-12-15-6-7-18(26-15)19(23)24/h6-7,14,16-17,22H,2-5,8-13H2,1H3,(H,23,24)/t14-,16?,17-/m0/s1. The SMILES string of the molecule is CCCCC[C@H](O)CCN1CCC(Cl)[C@@H]1COCc1ccc(C(=O)O)o1. The summed E-state index contributed by atoms with van der Waals surface area (Å²) in [6.07, 6.45) is 5.67. The summed E-state index contributed by atoms with van der Waals surface area (Å²) in [5.41, 5.74) is 0. The summed E-state index contributed by atoms with van der Waals surface area (Å²) in [6, 6.07) is 3.14. The summed E-state index contributed by atoms with van der Waals surface area (Å²) in [4.78, 5) is 13.1. The van der Waals surface area contributed by atoms with Crippen molar-refractivity contribution in [2.24, 2.45) is 0 Å². The van der Waals surface area contributed by atoms with E-state index in [1.54, 1.807) is 6.07 Å². The molecule has 2 rings (SSSR count). The van der Waals surface area contributed by atoms with Gasteiger partial charge in [0.1, 0.15) is 12.4 Å². The van der Waals surface area contributed by atoms with Crippen LogP contribution >= 0.6 is 11.6 Å². The van der Waals surface area contributed by atoms with Crippen LogP contribution in [0.4, 0.5) is 0 Å². The molecule has 6 nitrogen and oxygen atoms in total. The predicted octanol–water partition coefficient (Wildman–Crippen LogP) is 3.51. The van der Waals surface area contributed by atoms with Gasteiger partial charge in [-0.3, -0.25) is 4.90 Å². The van der Waals surface area contributed by atoms with Crippen LogP contribution in [0.5, 0.6) is 0 Å². The minimum Gasteiger partial charge on any atom is -0.475 e. The first-order valence-corrected chi connectivity index (χ1v) is 9.90. The van der Waals surface area contributed by atoms with Crippen LogP contribution in [0.15, 0.2) is 16.5 Å². The number of aliphatic hydroxyl groups is 1. The third kappa shape index (κ3) is 6.58. The van der Waals surface area contributed by atoms with Crippen molar-refractivity contribution in [2.75, 3.05) is 19.7 Å². The predicted molar refractivity (Wildman–Crippen MR) is 99.7 cm³/mol. The monoisotopic (exact) mass is 387 g/mol. The third-order valence-electron chi connectivity index (χ3n) is 4.87. The first kappa shape index (κ1) is 21.2. The van der Waals surface area contributed by atoms with Gasteiger partial charge in [0.05, 0.1) is 18.1 Å². The zero-order chi connectivity index (χ0) is 18.9. The first-order valence-electron chi connectivity index (χ1n) is 9.47. The quantitative estimate of drug-likeness (QED) is 0.422. The van der Waals surface area contributed by atoms with E-state index in [-0.39, 0.29) is 29.9 Å². The highest BCUT2D eigenvalue weighted by atomic mass is 35.5. The van der Waals surface area contributed by atoms with Crippen LogP contribution in [0.2, 0.25) is 0 Å². The van der Waals surface area contributed by atoms with Crippen molar-refractivity contribution in [3.8, 4) is 0 Å². The molecule has 0 aromatic carbocycles. The van der Waals surface area contributed by atoms with Gasteiger partial charge in [-0.1, -0.05) is 26.2 Å². The Balaban J connectivity index is 1.72. The molecule has 0 spiro atoms. The van der Waals surface area contributed by atoms with Gasteiger partial charge >= 0.3 is 5.97 Å². The van der Waals surface area contributed by atoms with Crippen LogP contribution < -0.4 is 0 Å². The Hall–Kier alpha value is -1.08. The molecule has 0 aliphatic carbocycles. The van der Waals surface area contributed by atoms with Crippen LogP contribution in [-0.4, -0.2) is 58.3 Å². The lowest BCUT2D eigenvalue weighted by Gasteiger charge is -2.26. The summed E-state index contributed by atoms with van der Waals surface area (Å²) in [5, 5.41) is 19.0. The van der Waals surface area contributed by atoms with E-state index in [1.165, 1.54) is 6.07 Å². The van der Waals surface area contributed by atoms with Gasteiger partial charge in [0.2, 0.25) is 5.76 Å². The number of carboxylic acid groups (broad SMARTS) is 1. The van der Waals surface area contributed by atoms with Gasteiger partial charge < -0.3 is 19.4 Å². The molecule has 1 unspecified atom stereocenters. The van der Waals surface area contributed by atoms with Crippen molar-refractivity contribution < 1.29 is 24.2 Å². The number of likely N-dealkylation sites (tertiary alicyclic amines) is 1. The number of aliphatic hydroxyl groups excluding tert-OH is 1. The summed E-state index contributed by atoms with van der Waals surface area (Å²) in [5.74, 6) is -0.681. The van der Waals surface area contributed by atoms with Crippen molar-refractivity contribution >= 4 is 17.6 Å². The van der Waals surface area contributed by atoms with Crippen molar-refractivity contribution in [3.05, 3.63) is 23.7 Å². The molecule has 7 heteroatoms. The second-order valence-electron chi connectivity index (χ2n) is 6.93. The van der Waals surface area contributed by atoms with E-state index in [2.05, 4.69) is 11.8 Å². The van der Waals surface area contributed by atoms with Crippen LogP contribution in [0, 0.1) is 0 Å². The molecule has 1 aromatic rings. The van der Waals surface area contributed by atoms with Crippen LogP contribution in [0.1, 0.15) is 61.8 Å². The topological polar surface area (TPSA) is 83.1 Å². The number of rotatable bonds is 12. The lowest BCUT2D eigenvalue weighted by molar-refractivity contribution is 0.0495. The number of ether oxygens (including phenoxy) is 1. The number of hydrogen-bond donors (Lipinski definition) is 2. The molecular weight excluding hydrogens is 358 g/mol. The normalized spacial score (nSPS) is 22.0. The molecule has 2 heterocycles. The van der Waals surface area contributed by atoms with Gasteiger partial charge in [-0.25, -0.2) is 4.79 Å². The number of alkyl halides is 1. The van der Waals surface area contributed by atoms with E-state index >= 15 is 0 Å². The van der Waals surface area contributed by atoms with Gasteiger partial charge in [0.25, 0.3) is 0 Å². The minimum atomic E-state index is -1.09. The molecule has 1 saturated heterocycles. The molecule has 26 heavy (non-hydrogen) atoms. The number of nitrogens with zero attached hydrogens (tertiary/aromatic N) is 1. The van der Waals surface area contributed by atoms with Crippen molar-refractivity contribution in [3.63, 3.8) is 0 Å². The Labute approximate surface area is 160 Å². The van der Waals surface area contributed by atoms with E-state index in [0.717, 1.165) is 51.6 Å². The van der Waals surface area contributed by atoms with Gasteiger partial charge in [0, 0.05) is 19.1 Å². The largest absolute Gasteiger partial charge is 0.475 e.